The fraction of sp³-hybridized carbons (Fsp3) is 0.615. The van der Waals surface area contributed by atoms with E-state index in [1.165, 1.54) is 5.56 Å². The van der Waals surface area contributed by atoms with E-state index >= 15 is 0 Å². The van der Waals surface area contributed by atoms with Crippen LogP contribution in [0.3, 0.4) is 0 Å². The van der Waals surface area contributed by atoms with E-state index in [1.807, 2.05) is 24.0 Å². The smallest absolute Gasteiger partial charge is 0.129 e. The Morgan fingerprint density at radius 3 is 2.75 bits per heavy atom. The summed E-state index contributed by atoms with van der Waals surface area (Å²) < 4.78 is 0. The highest BCUT2D eigenvalue weighted by Gasteiger charge is 2.09. The van der Waals surface area contributed by atoms with Gasteiger partial charge in [-0.3, -0.25) is 0 Å². The summed E-state index contributed by atoms with van der Waals surface area (Å²) in [6.45, 7) is 9.85. The average molecular weight is 238 g/mol. The molecule has 0 aliphatic rings. The molecule has 2 nitrogen and oxygen atoms in total. The predicted molar refractivity (Wildman–Crippen MR) is 74.0 cm³/mol. The molecule has 0 spiro atoms. The van der Waals surface area contributed by atoms with Crippen LogP contribution in [0.2, 0.25) is 0 Å². The second-order valence-corrected chi connectivity index (χ2v) is 5.67. The van der Waals surface area contributed by atoms with Crippen molar-refractivity contribution in [2.24, 2.45) is 5.92 Å². The normalized spacial score (nSPS) is 12.8. The minimum Gasteiger partial charge on any atom is -0.370 e. The summed E-state index contributed by atoms with van der Waals surface area (Å²) in [6.07, 6.45) is 1.85. The van der Waals surface area contributed by atoms with Gasteiger partial charge in [-0.2, -0.15) is 11.8 Å². The summed E-state index contributed by atoms with van der Waals surface area (Å²) in [5, 5.41) is 3.99. The Labute approximate surface area is 103 Å². The minimum absolute atomic E-state index is 0.690. The number of thioether (sulfide) groups is 1. The standard InChI is InChI=1S/C13H22N2S/c1-5-14-13-12(7-6-8-15-13)9-16-11(4)10(2)3/h6-8,10-11H,5,9H2,1-4H3,(H,14,15). The zero-order valence-corrected chi connectivity index (χ0v) is 11.5. The van der Waals surface area contributed by atoms with Gasteiger partial charge in [-0.15, -0.1) is 0 Å². The SMILES string of the molecule is CCNc1ncccc1CSC(C)C(C)C. The molecule has 0 bridgehead atoms. The summed E-state index contributed by atoms with van der Waals surface area (Å²) >= 11 is 2.00. The van der Waals surface area contributed by atoms with Crippen LogP contribution in [0, 0.1) is 5.92 Å². The Bertz CT molecular complexity index is 313. The molecular weight excluding hydrogens is 216 g/mol. The van der Waals surface area contributed by atoms with Gasteiger partial charge >= 0.3 is 0 Å². The molecule has 3 heteroatoms. The third-order valence-corrected chi connectivity index (χ3v) is 4.22. The fourth-order valence-corrected chi connectivity index (χ4v) is 2.36. The molecular formula is C13H22N2S. The maximum atomic E-state index is 4.37. The molecule has 90 valence electrons. The monoisotopic (exact) mass is 238 g/mol. The predicted octanol–water partition coefficient (Wildman–Crippen LogP) is 3.79. The molecule has 0 saturated carbocycles. The average Bonchev–Trinajstić information content (AvgIpc) is 2.27. The van der Waals surface area contributed by atoms with E-state index in [1.54, 1.807) is 0 Å². The van der Waals surface area contributed by atoms with Crippen LogP contribution in [0.4, 0.5) is 5.82 Å². The van der Waals surface area contributed by atoms with E-state index < -0.39 is 0 Å². The number of aromatic nitrogens is 1. The van der Waals surface area contributed by atoms with Gasteiger partial charge in [0.15, 0.2) is 0 Å². The molecule has 0 radical (unpaired) electrons. The largest absolute Gasteiger partial charge is 0.370 e. The van der Waals surface area contributed by atoms with Crippen molar-refractivity contribution in [2.45, 2.75) is 38.7 Å². The molecule has 0 amide bonds. The number of nitrogens with zero attached hydrogens (tertiary/aromatic N) is 1. The molecule has 16 heavy (non-hydrogen) atoms. The van der Waals surface area contributed by atoms with Crippen molar-refractivity contribution in [1.82, 2.24) is 4.98 Å². The third-order valence-electron chi connectivity index (χ3n) is 2.68. The van der Waals surface area contributed by atoms with E-state index in [-0.39, 0.29) is 0 Å². The summed E-state index contributed by atoms with van der Waals surface area (Å²) in [5.41, 5.74) is 1.31. The third kappa shape index (κ3) is 4.05. The fourth-order valence-electron chi connectivity index (χ4n) is 1.30. The number of hydrogen-bond acceptors (Lipinski definition) is 3. The second kappa shape index (κ2) is 6.79. The molecule has 0 aromatic carbocycles. The molecule has 1 heterocycles. The van der Waals surface area contributed by atoms with Crippen molar-refractivity contribution in [1.29, 1.82) is 0 Å². The molecule has 1 unspecified atom stereocenters. The van der Waals surface area contributed by atoms with Gasteiger partial charge in [-0.05, 0) is 18.9 Å². The van der Waals surface area contributed by atoms with E-state index in [0.29, 0.717) is 5.25 Å². The topological polar surface area (TPSA) is 24.9 Å². The Hall–Kier alpha value is -0.700. The highest BCUT2D eigenvalue weighted by atomic mass is 32.2. The molecule has 1 N–H and O–H groups in total. The summed E-state index contributed by atoms with van der Waals surface area (Å²) in [7, 11) is 0. The van der Waals surface area contributed by atoms with Crippen molar-refractivity contribution < 1.29 is 0 Å². The van der Waals surface area contributed by atoms with Gasteiger partial charge in [0.2, 0.25) is 0 Å². The van der Waals surface area contributed by atoms with Crippen LogP contribution in [0.5, 0.6) is 0 Å². The van der Waals surface area contributed by atoms with Crippen LogP contribution in [-0.4, -0.2) is 16.8 Å². The quantitative estimate of drug-likeness (QED) is 0.816. The maximum Gasteiger partial charge on any atom is 0.129 e. The van der Waals surface area contributed by atoms with Crippen LogP contribution < -0.4 is 5.32 Å². The number of rotatable bonds is 6. The highest BCUT2D eigenvalue weighted by molar-refractivity contribution is 7.99. The Morgan fingerprint density at radius 1 is 1.38 bits per heavy atom. The van der Waals surface area contributed by atoms with Gasteiger partial charge in [0.1, 0.15) is 5.82 Å². The lowest BCUT2D eigenvalue weighted by Gasteiger charge is -2.16. The van der Waals surface area contributed by atoms with Gasteiger partial charge in [0, 0.05) is 29.3 Å². The van der Waals surface area contributed by atoms with E-state index in [0.717, 1.165) is 24.0 Å². The van der Waals surface area contributed by atoms with E-state index in [4.69, 9.17) is 0 Å². The van der Waals surface area contributed by atoms with Crippen LogP contribution in [0.15, 0.2) is 18.3 Å². The van der Waals surface area contributed by atoms with Gasteiger partial charge in [-0.1, -0.05) is 26.8 Å². The first kappa shape index (κ1) is 13.4. The lowest BCUT2D eigenvalue weighted by Crippen LogP contribution is -2.07. The Kier molecular flexibility index (Phi) is 5.67. The highest BCUT2D eigenvalue weighted by Crippen LogP contribution is 2.25. The van der Waals surface area contributed by atoms with Crippen molar-refractivity contribution in [3.8, 4) is 0 Å². The van der Waals surface area contributed by atoms with Crippen molar-refractivity contribution in [3.05, 3.63) is 23.9 Å². The number of anilines is 1. The lowest BCUT2D eigenvalue weighted by molar-refractivity contribution is 0.642. The molecule has 0 fully saturated rings. The number of hydrogen-bond donors (Lipinski definition) is 1. The first-order valence-electron chi connectivity index (χ1n) is 5.94. The van der Waals surface area contributed by atoms with Crippen molar-refractivity contribution in [3.63, 3.8) is 0 Å². The molecule has 0 saturated heterocycles. The summed E-state index contributed by atoms with van der Waals surface area (Å²) in [5.74, 6) is 2.80. The molecule has 1 aromatic rings. The lowest BCUT2D eigenvalue weighted by atomic mass is 10.2. The zero-order chi connectivity index (χ0) is 12.0. The first-order valence-corrected chi connectivity index (χ1v) is 6.99. The number of nitrogens with one attached hydrogen (secondary N) is 1. The van der Waals surface area contributed by atoms with E-state index in [9.17, 15) is 0 Å². The minimum atomic E-state index is 0.690. The number of pyridine rings is 1. The zero-order valence-electron chi connectivity index (χ0n) is 10.7. The Morgan fingerprint density at radius 2 is 2.12 bits per heavy atom. The van der Waals surface area contributed by atoms with Gasteiger partial charge in [0.05, 0.1) is 0 Å². The van der Waals surface area contributed by atoms with Gasteiger partial charge < -0.3 is 5.32 Å². The van der Waals surface area contributed by atoms with Crippen molar-refractivity contribution >= 4 is 17.6 Å². The van der Waals surface area contributed by atoms with Gasteiger partial charge in [0.25, 0.3) is 0 Å². The van der Waals surface area contributed by atoms with Crippen LogP contribution >= 0.6 is 11.8 Å². The Balaban J connectivity index is 2.58. The first-order chi connectivity index (χ1) is 7.65. The van der Waals surface area contributed by atoms with Crippen molar-refractivity contribution in [2.75, 3.05) is 11.9 Å². The molecule has 0 aliphatic heterocycles. The molecule has 1 rings (SSSR count). The van der Waals surface area contributed by atoms with Crippen LogP contribution in [0.25, 0.3) is 0 Å². The summed E-state index contributed by atoms with van der Waals surface area (Å²) in [4.78, 5) is 4.37. The molecule has 0 aliphatic carbocycles. The maximum absolute atomic E-state index is 4.37. The molecule has 1 aromatic heterocycles. The second-order valence-electron chi connectivity index (χ2n) is 4.30. The van der Waals surface area contributed by atoms with Crippen LogP contribution in [0.1, 0.15) is 33.3 Å². The summed E-state index contributed by atoms with van der Waals surface area (Å²) in [6, 6.07) is 4.17. The van der Waals surface area contributed by atoms with E-state index in [2.05, 4.69) is 44.1 Å². The molecule has 1 atom stereocenters. The van der Waals surface area contributed by atoms with Gasteiger partial charge in [-0.25, -0.2) is 4.98 Å². The van der Waals surface area contributed by atoms with Crippen LogP contribution in [-0.2, 0) is 5.75 Å².